The van der Waals surface area contributed by atoms with Crippen molar-refractivity contribution in [3.05, 3.63) is 0 Å². The first-order valence-corrected chi connectivity index (χ1v) is 5.34. The maximum Gasteiger partial charge on any atom is 0.00965 e. The summed E-state index contributed by atoms with van der Waals surface area (Å²) in [7, 11) is 4.34. The van der Waals surface area contributed by atoms with E-state index in [-0.39, 0.29) is 0 Å². The molecule has 0 fully saturated rings. The smallest absolute Gasteiger partial charge is 0.00965 e. The second-order valence-corrected chi connectivity index (χ2v) is 5.84. The van der Waals surface area contributed by atoms with Crippen LogP contribution in [0.4, 0.5) is 0 Å². The molecule has 80 valence electrons. The maximum atomic E-state index is 2.34. The summed E-state index contributed by atoms with van der Waals surface area (Å²) in [5.74, 6) is 1.50. The average molecular weight is 185 g/mol. The number of hydrogen-bond donors (Lipinski definition) is 0. The second-order valence-electron chi connectivity index (χ2n) is 5.84. The fourth-order valence-corrected chi connectivity index (χ4v) is 2.60. The SMILES string of the molecule is CC(C)C(C(C)N(C)C)C(C)(C)C. The first kappa shape index (κ1) is 13.0. The molecule has 2 unspecified atom stereocenters. The summed E-state index contributed by atoms with van der Waals surface area (Å²) in [6.07, 6.45) is 0. The van der Waals surface area contributed by atoms with E-state index in [4.69, 9.17) is 0 Å². The first-order chi connectivity index (χ1) is 5.68. The summed E-state index contributed by atoms with van der Waals surface area (Å²) in [4.78, 5) is 2.33. The van der Waals surface area contributed by atoms with Gasteiger partial charge in [0.15, 0.2) is 0 Å². The summed E-state index contributed by atoms with van der Waals surface area (Å²) < 4.78 is 0. The Bertz CT molecular complexity index is 142. The van der Waals surface area contributed by atoms with E-state index in [1.807, 2.05) is 0 Å². The molecule has 0 amide bonds. The van der Waals surface area contributed by atoms with Gasteiger partial charge in [-0.3, -0.25) is 0 Å². The third-order valence-corrected chi connectivity index (χ3v) is 3.05. The van der Waals surface area contributed by atoms with Crippen LogP contribution in [0.1, 0.15) is 41.5 Å². The summed E-state index contributed by atoms with van der Waals surface area (Å²) in [6.45, 7) is 14.0. The molecule has 0 aliphatic rings. The lowest BCUT2D eigenvalue weighted by Crippen LogP contribution is -2.42. The zero-order chi connectivity index (χ0) is 10.8. The summed E-state index contributed by atoms with van der Waals surface area (Å²) in [5.41, 5.74) is 0.401. The highest BCUT2D eigenvalue weighted by molar-refractivity contribution is 4.84. The Labute approximate surface area is 84.5 Å². The van der Waals surface area contributed by atoms with Crippen molar-refractivity contribution in [1.82, 2.24) is 4.90 Å². The minimum Gasteiger partial charge on any atom is -0.306 e. The van der Waals surface area contributed by atoms with Gasteiger partial charge >= 0.3 is 0 Å². The third-order valence-electron chi connectivity index (χ3n) is 3.05. The van der Waals surface area contributed by atoms with Gasteiger partial charge in [-0.05, 0) is 38.3 Å². The van der Waals surface area contributed by atoms with Crippen molar-refractivity contribution < 1.29 is 0 Å². The topological polar surface area (TPSA) is 3.24 Å². The van der Waals surface area contributed by atoms with Crippen LogP contribution in [-0.2, 0) is 0 Å². The molecular formula is C12H27N. The lowest BCUT2D eigenvalue weighted by atomic mass is 9.70. The fourth-order valence-electron chi connectivity index (χ4n) is 2.60. The van der Waals surface area contributed by atoms with E-state index in [0.717, 1.165) is 11.8 Å². The van der Waals surface area contributed by atoms with Gasteiger partial charge in [0, 0.05) is 6.04 Å². The lowest BCUT2D eigenvalue weighted by molar-refractivity contribution is 0.0817. The van der Waals surface area contributed by atoms with Crippen molar-refractivity contribution in [2.75, 3.05) is 14.1 Å². The van der Waals surface area contributed by atoms with Crippen LogP contribution in [0.15, 0.2) is 0 Å². The Morgan fingerprint density at radius 1 is 0.923 bits per heavy atom. The summed E-state index contributed by atoms with van der Waals surface area (Å²) in [5, 5.41) is 0. The molecule has 1 nitrogen and oxygen atoms in total. The van der Waals surface area contributed by atoms with Gasteiger partial charge in [0.25, 0.3) is 0 Å². The Morgan fingerprint density at radius 2 is 1.31 bits per heavy atom. The Hall–Kier alpha value is -0.0400. The van der Waals surface area contributed by atoms with Crippen LogP contribution >= 0.6 is 0 Å². The van der Waals surface area contributed by atoms with Crippen LogP contribution in [0.3, 0.4) is 0 Å². The van der Waals surface area contributed by atoms with Gasteiger partial charge in [0.1, 0.15) is 0 Å². The highest BCUT2D eigenvalue weighted by atomic mass is 15.1. The molecule has 0 aromatic heterocycles. The highest BCUT2D eigenvalue weighted by Gasteiger charge is 2.32. The van der Waals surface area contributed by atoms with E-state index in [2.05, 4.69) is 60.5 Å². The predicted molar refractivity (Wildman–Crippen MR) is 60.9 cm³/mol. The van der Waals surface area contributed by atoms with Gasteiger partial charge in [-0.1, -0.05) is 34.6 Å². The standard InChI is InChI=1S/C12H27N/c1-9(2)11(12(4,5)6)10(3)13(7)8/h9-11H,1-8H3. The van der Waals surface area contributed by atoms with Crippen molar-refractivity contribution in [1.29, 1.82) is 0 Å². The van der Waals surface area contributed by atoms with E-state index in [0.29, 0.717) is 11.5 Å². The van der Waals surface area contributed by atoms with Crippen molar-refractivity contribution >= 4 is 0 Å². The molecule has 0 saturated heterocycles. The molecule has 0 aromatic carbocycles. The second kappa shape index (κ2) is 4.45. The molecule has 0 aliphatic heterocycles. The molecule has 0 heterocycles. The van der Waals surface area contributed by atoms with Gasteiger partial charge < -0.3 is 4.90 Å². The Balaban J connectivity index is 4.62. The van der Waals surface area contributed by atoms with Crippen molar-refractivity contribution in [3.8, 4) is 0 Å². The molecule has 0 aliphatic carbocycles. The largest absolute Gasteiger partial charge is 0.306 e. The van der Waals surface area contributed by atoms with Crippen LogP contribution in [0.2, 0.25) is 0 Å². The summed E-state index contributed by atoms with van der Waals surface area (Å²) >= 11 is 0. The van der Waals surface area contributed by atoms with Crippen LogP contribution in [0.25, 0.3) is 0 Å². The lowest BCUT2D eigenvalue weighted by Gasteiger charge is -2.41. The van der Waals surface area contributed by atoms with E-state index in [1.165, 1.54) is 0 Å². The van der Waals surface area contributed by atoms with Gasteiger partial charge in [0.05, 0.1) is 0 Å². The first-order valence-electron chi connectivity index (χ1n) is 5.34. The Morgan fingerprint density at radius 3 is 1.38 bits per heavy atom. The monoisotopic (exact) mass is 185 g/mol. The molecule has 13 heavy (non-hydrogen) atoms. The van der Waals surface area contributed by atoms with E-state index in [1.54, 1.807) is 0 Å². The highest BCUT2D eigenvalue weighted by Crippen LogP contribution is 2.35. The van der Waals surface area contributed by atoms with Crippen LogP contribution in [-0.4, -0.2) is 25.0 Å². The number of nitrogens with zero attached hydrogens (tertiary/aromatic N) is 1. The number of hydrogen-bond acceptors (Lipinski definition) is 1. The van der Waals surface area contributed by atoms with E-state index < -0.39 is 0 Å². The van der Waals surface area contributed by atoms with Crippen LogP contribution in [0, 0.1) is 17.3 Å². The van der Waals surface area contributed by atoms with Gasteiger partial charge in [-0.15, -0.1) is 0 Å². The zero-order valence-corrected chi connectivity index (χ0v) is 10.7. The molecule has 0 aromatic rings. The van der Waals surface area contributed by atoms with Crippen molar-refractivity contribution in [2.24, 2.45) is 17.3 Å². The van der Waals surface area contributed by atoms with Crippen LogP contribution < -0.4 is 0 Å². The molecule has 0 spiro atoms. The zero-order valence-electron chi connectivity index (χ0n) is 10.7. The minimum atomic E-state index is 0.401. The quantitative estimate of drug-likeness (QED) is 0.652. The molecular weight excluding hydrogens is 158 g/mol. The Kier molecular flexibility index (Phi) is 4.44. The van der Waals surface area contributed by atoms with Gasteiger partial charge in [-0.25, -0.2) is 0 Å². The third kappa shape index (κ3) is 3.68. The van der Waals surface area contributed by atoms with Crippen molar-refractivity contribution in [3.63, 3.8) is 0 Å². The van der Waals surface area contributed by atoms with Crippen LogP contribution in [0.5, 0.6) is 0 Å². The minimum absolute atomic E-state index is 0.401. The molecule has 0 radical (unpaired) electrons. The molecule has 1 heteroatoms. The maximum absolute atomic E-state index is 2.34. The molecule has 0 saturated carbocycles. The molecule has 0 N–H and O–H groups in total. The molecule has 0 bridgehead atoms. The van der Waals surface area contributed by atoms with Gasteiger partial charge in [-0.2, -0.15) is 0 Å². The van der Waals surface area contributed by atoms with E-state index in [9.17, 15) is 0 Å². The number of rotatable bonds is 3. The van der Waals surface area contributed by atoms with Crippen molar-refractivity contribution in [2.45, 2.75) is 47.6 Å². The normalized spacial score (nSPS) is 18.0. The fraction of sp³-hybridized carbons (Fsp3) is 1.00. The molecule has 2 atom stereocenters. The molecule has 0 rings (SSSR count). The average Bonchev–Trinajstić information content (AvgIpc) is 1.82. The predicted octanol–water partition coefficient (Wildman–Crippen LogP) is 3.25. The van der Waals surface area contributed by atoms with Gasteiger partial charge in [0.2, 0.25) is 0 Å². The van der Waals surface area contributed by atoms with E-state index >= 15 is 0 Å². The summed E-state index contributed by atoms with van der Waals surface area (Å²) in [6, 6.07) is 0.653.